The minimum atomic E-state index is -0.296. The number of carbonyl (C=O) groups excluding carboxylic acids is 1. The molecular formula is C15H9Cl2N3OS2. The molecule has 23 heavy (non-hydrogen) atoms. The van der Waals surface area contributed by atoms with Crippen molar-refractivity contribution in [2.45, 2.75) is 0 Å². The van der Waals surface area contributed by atoms with E-state index in [9.17, 15) is 4.79 Å². The van der Waals surface area contributed by atoms with E-state index in [2.05, 4.69) is 15.5 Å². The summed E-state index contributed by atoms with van der Waals surface area (Å²) >= 11 is 18.3. The molecule has 8 heteroatoms. The molecule has 0 aliphatic carbocycles. The summed E-state index contributed by atoms with van der Waals surface area (Å²) in [6, 6.07) is 12.1. The predicted octanol–water partition coefficient (Wildman–Crippen LogP) is 5.43. The Morgan fingerprint density at radius 2 is 1.91 bits per heavy atom. The van der Waals surface area contributed by atoms with E-state index in [1.54, 1.807) is 24.3 Å². The second-order valence-electron chi connectivity index (χ2n) is 4.57. The van der Waals surface area contributed by atoms with Crippen LogP contribution in [0.3, 0.4) is 0 Å². The fraction of sp³-hybridized carbons (Fsp3) is 0. The standard InChI is InChI=1S/C15H9Cl2N3OS2/c16-9-3-6-11(12(17)7-9)13(21)18-10-4-1-8(2-5-10)14-19-20-15(22)23-14/h1-7H,(H,18,21)(H,20,22). The van der Waals surface area contributed by atoms with Crippen LogP contribution in [0.1, 0.15) is 10.4 Å². The Bertz CT molecular complexity index is 919. The zero-order chi connectivity index (χ0) is 16.4. The van der Waals surface area contributed by atoms with Gasteiger partial charge in [-0.25, -0.2) is 0 Å². The third-order valence-electron chi connectivity index (χ3n) is 3.00. The average Bonchev–Trinajstić information content (AvgIpc) is 2.94. The quantitative estimate of drug-likeness (QED) is 0.594. The average molecular weight is 382 g/mol. The minimum absolute atomic E-state index is 0.296. The molecule has 116 valence electrons. The predicted molar refractivity (Wildman–Crippen MR) is 97.1 cm³/mol. The first-order valence-corrected chi connectivity index (χ1v) is 8.43. The Morgan fingerprint density at radius 3 is 2.52 bits per heavy atom. The van der Waals surface area contributed by atoms with Crippen LogP contribution in [-0.4, -0.2) is 16.1 Å². The number of carbonyl (C=O) groups is 1. The molecule has 1 aromatic heterocycles. The van der Waals surface area contributed by atoms with Gasteiger partial charge < -0.3 is 5.32 Å². The topological polar surface area (TPSA) is 57.8 Å². The molecule has 0 aliphatic heterocycles. The maximum Gasteiger partial charge on any atom is 0.257 e. The first kappa shape index (κ1) is 16.1. The van der Waals surface area contributed by atoms with Gasteiger partial charge in [0, 0.05) is 16.3 Å². The van der Waals surface area contributed by atoms with E-state index in [-0.39, 0.29) is 5.91 Å². The van der Waals surface area contributed by atoms with Gasteiger partial charge in [-0.3, -0.25) is 9.89 Å². The Kier molecular flexibility index (Phi) is 4.77. The molecule has 0 bridgehead atoms. The van der Waals surface area contributed by atoms with Crippen molar-refractivity contribution in [3.8, 4) is 10.6 Å². The Labute approximate surface area is 151 Å². The van der Waals surface area contributed by atoms with Crippen LogP contribution in [0, 0.1) is 3.95 Å². The van der Waals surface area contributed by atoms with Crippen molar-refractivity contribution in [3.63, 3.8) is 0 Å². The number of hydrogen-bond acceptors (Lipinski definition) is 4. The van der Waals surface area contributed by atoms with Crippen molar-refractivity contribution >= 4 is 58.4 Å². The summed E-state index contributed by atoms with van der Waals surface area (Å²) in [6.45, 7) is 0. The van der Waals surface area contributed by atoms with E-state index in [4.69, 9.17) is 35.4 Å². The molecule has 1 amide bonds. The fourth-order valence-electron chi connectivity index (χ4n) is 1.92. The normalized spacial score (nSPS) is 10.5. The van der Waals surface area contributed by atoms with Gasteiger partial charge in [0.1, 0.15) is 5.01 Å². The van der Waals surface area contributed by atoms with Gasteiger partial charge in [-0.15, -0.1) is 0 Å². The molecule has 2 N–H and O–H groups in total. The molecule has 0 fully saturated rings. The Hall–Kier alpha value is -1.73. The molecule has 3 rings (SSSR count). The summed E-state index contributed by atoms with van der Waals surface area (Å²) in [5.74, 6) is -0.296. The second-order valence-corrected chi connectivity index (χ2v) is 7.08. The molecule has 1 heterocycles. The maximum atomic E-state index is 12.2. The Balaban J connectivity index is 1.78. The van der Waals surface area contributed by atoms with Gasteiger partial charge in [-0.2, -0.15) is 5.10 Å². The third kappa shape index (κ3) is 3.79. The van der Waals surface area contributed by atoms with Gasteiger partial charge in [0.05, 0.1) is 10.6 Å². The summed E-state index contributed by atoms with van der Waals surface area (Å²) in [7, 11) is 0. The first-order chi connectivity index (χ1) is 11.0. The van der Waals surface area contributed by atoms with E-state index < -0.39 is 0 Å². The van der Waals surface area contributed by atoms with Crippen molar-refractivity contribution in [1.82, 2.24) is 10.2 Å². The van der Waals surface area contributed by atoms with Crippen LogP contribution in [0.15, 0.2) is 42.5 Å². The van der Waals surface area contributed by atoms with Gasteiger partial charge in [0.15, 0.2) is 3.95 Å². The number of nitrogens with zero attached hydrogens (tertiary/aromatic N) is 1. The van der Waals surface area contributed by atoms with Crippen LogP contribution >= 0.6 is 46.8 Å². The molecule has 0 unspecified atom stereocenters. The van der Waals surface area contributed by atoms with Crippen molar-refractivity contribution in [2.75, 3.05) is 5.32 Å². The van der Waals surface area contributed by atoms with E-state index in [1.807, 2.05) is 12.1 Å². The van der Waals surface area contributed by atoms with Crippen LogP contribution in [0.5, 0.6) is 0 Å². The van der Waals surface area contributed by atoms with Gasteiger partial charge >= 0.3 is 0 Å². The lowest BCUT2D eigenvalue weighted by molar-refractivity contribution is 0.102. The summed E-state index contributed by atoms with van der Waals surface area (Å²) in [4.78, 5) is 12.2. The fourth-order valence-corrected chi connectivity index (χ4v) is 3.31. The van der Waals surface area contributed by atoms with E-state index in [1.165, 1.54) is 17.4 Å². The van der Waals surface area contributed by atoms with Crippen LogP contribution in [0.25, 0.3) is 10.6 Å². The molecule has 3 aromatic rings. The van der Waals surface area contributed by atoms with Gasteiger partial charge in [-0.05, 0) is 54.7 Å². The maximum absolute atomic E-state index is 12.2. The number of benzene rings is 2. The molecule has 0 spiro atoms. The number of amides is 1. The highest BCUT2D eigenvalue weighted by atomic mass is 35.5. The lowest BCUT2D eigenvalue weighted by Gasteiger charge is -2.07. The summed E-state index contributed by atoms with van der Waals surface area (Å²) in [6.07, 6.45) is 0. The summed E-state index contributed by atoms with van der Waals surface area (Å²) in [5, 5.41) is 11.2. The number of anilines is 1. The molecule has 4 nitrogen and oxygen atoms in total. The van der Waals surface area contributed by atoms with Gasteiger partial charge in [0.25, 0.3) is 5.91 Å². The number of hydrogen-bond donors (Lipinski definition) is 2. The summed E-state index contributed by atoms with van der Waals surface area (Å²) in [5.41, 5.74) is 1.94. The van der Waals surface area contributed by atoms with E-state index in [0.29, 0.717) is 25.3 Å². The van der Waals surface area contributed by atoms with Crippen molar-refractivity contribution < 1.29 is 4.79 Å². The summed E-state index contributed by atoms with van der Waals surface area (Å²) < 4.78 is 0.620. The van der Waals surface area contributed by atoms with Crippen LogP contribution < -0.4 is 5.32 Å². The van der Waals surface area contributed by atoms with Gasteiger partial charge in [0.2, 0.25) is 0 Å². The van der Waals surface area contributed by atoms with Crippen molar-refractivity contribution in [1.29, 1.82) is 0 Å². The number of aromatic nitrogens is 2. The SMILES string of the molecule is O=C(Nc1ccc(-c2n[nH]c(=S)s2)cc1)c1ccc(Cl)cc1Cl. The molecule has 2 aromatic carbocycles. The smallest absolute Gasteiger partial charge is 0.257 e. The van der Waals surface area contributed by atoms with Crippen molar-refractivity contribution in [3.05, 3.63) is 62.0 Å². The second kappa shape index (κ2) is 6.80. The zero-order valence-corrected chi connectivity index (χ0v) is 14.6. The highest BCUT2D eigenvalue weighted by molar-refractivity contribution is 7.73. The lowest BCUT2D eigenvalue weighted by Crippen LogP contribution is -2.12. The number of halogens is 2. The highest BCUT2D eigenvalue weighted by Crippen LogP contribution is 2.25. The van der Waals surface area contributed by atoms with Crippen LogP contribution in [-0.2, 0) is 0 Å². The number of aromatic amines is 1. The van der Waals surface area contributed by atoms with Crippen LogP contribution in [0.2, 0.25) is 10.0 Å². The number of nitrogens with one attached hydrogen (secondary N) is 2. The molecule has 0 atom stereocenters. The molecule has 0 radical (unpaired) electrons. The molecule has 0 saturated heterocycles. The molecule has 0 saturated carbocycles. The minimum Gasteiger partial charge on any atom is -0.322 e. The molecular weight excluding hydrogens is 373 g/mol. The highest BCUT2D eigenvalue weighted by Gasteiger charge is 2.11. The monoisotopic (exact) mass is 381 g/mol. The van der Waals surface area contributed by atoms with E-state index >= 15 is 0 Å². The third-order valence-corrected chi connectivity index (χ3v) is 4.69. The Morgan fingerprint density at radius 1 is 1.17 bits per heavy atom. The number of rotatable bonds is 3. The van der Waals surface area contributed by atoms with Gasteiger partial charge in [-0.1, -0.05) is 34.5 Å². The lowest BCUT2D eigenvalue weighted by atomic mass is 10.2. The van der Waals surface area contributed by atoms with E-state index in [0.717, 1.165) is 10.6 Å². The zero-order valence-electron chi connectivity index (χ0n) is 11.5. The van der Waals surface area contributed by atoms with Crippen molar-refractivity contribution in [2.24, 2.45) is 0 Å². The van der Waals surface area contributed by atoms with Crippen LogP contribution in [0.4, 0.5) is 5.69 Å². The largest absolute Gasteiger partial charge is 0.322 e. The number of H-pyrrole nitrogens is 1. The molecule has 0 aliphatic rings. The first-order valence-electron chi connectivity index (χ1n) is 6.45.